The van der Waals surface area contributed by atoms with Crippen molar-refractivity contribution in [1.29, 1.82) is 0 Å². The zero-order valence-electron chi connectivity index (χ0n) is 22.8. The molecule has 0 saturated heterocycles. The van der Waals surface area contributed by atoms with Crippen molar-refractivity contribution < 1.29 is 28.8 Å². The minimum absolute atomic E-state index is 0.261. The maximum absolute atomic E-state index is 13.1. The summed E-state index contributed by atoms with van der Waals surface area (Å²) in [6.45, 7) is 14.6. The molecule has 0 radical (unpaired) electrons. The molecule has 0 aliphatic rings. The highest BCUT2D eigenvalue weighted by molar-refractivity contribution is 5.78. The van der Waals surface area contributed by atoms with Gasteiger partial charge in [0.2, 0.25) is 5.75 Å². The lowest BCUT2D eigenvalue weighted by atomic mass is 9.77. The van der Waals surface area contributed by atoms with Gasteiger partial charge in [0.25, 0.3) is 0 Å². The molecule has 2 N–H and O–H groups in total. The van der Waals surface area contributed by atoms with E-state index in [0.29, 0.717) is 23.8 Å². The molecule has 35 heavy (non-hydrogen) atoms. The Hall–Kier alpha value is -2.93. The standard InChI is InChI=1S/C28H41NO6/c1-11-35-26(31)23(29-16-17-12-21(32-8)25(34-10)22(13-17)33-9)18-14-19(27(2,3)4)24(30)20(15-18)28(5,6)7/h12-15,23,29-30H,11,16H2,1-10H3. The van der Waals surface area contributed by atoms with Crippen LogP contribution in [0.1, 0.15) is 76.8 Å². The summed E-state index contributed by atoms with van der Waals surface area (Å²) in [6, 6.07) is 6.74. The number of aromatic hydroxyl groups is 1. The summed E-state index contributed by atoms with van der Waals surface area (Å²) in [5.41, 5.74) is 2.50. The maximum atomic E-state index is 13.1. The van der Waals surface area contributed by atoms with E-state index in [1.165, 1.54) is 0 Å². The zero-order chi connectivity index (χ0) is 26.6. The van der Waals surface area contributed by atoms with E-state index in [1.807, 2.05) is 65.8 Å². The van der Waals surface area contributed by atoms with Crippen molar-refractivity contribution >= 4 is 5.97 Å². The summed E-state index contributed by atoms with van der Waals surface area (Å²) in [7, 11) is 4.68. The van der Waals surface area contributed by atoms with E-state index in [9.17, 15) is 9.90 Å². The van der Waals surface area contributed by atoms with Gasteiger partial charge in [-0.25, -0.2) is 4.79 Å². The number of benzene rings is 2. The monoisotopic (exact) mass is 487 g/mol. The molecule has 0 aliphatic heterocycles. The quantitative estimate of drug-likeness (QED) is 0.458. The molecule has 0 amide bonds. The highest BCUT2D eigenvalue weighted by Gasteiger charge is 2.30. The summed E-state index contributed by atoms with van der Waals surface area (Å²) in [5, 5.41) is 14.5. The number of rotatable bonds is 9. The van der Waals surface area contributed by atoms with Crippen LogP contribution in [0.5, 0.6) is 23.0 Å². The van der Waals surface area contributed by atoms with Crippen LogP contribution >= 0.6 is 0 Å². The lowest BCUT2D eigenvalue weighted by Crippen LogP contribution is -2.31. The van der Waals surface area contributed by atoms with E-state index < -0.39 is 6.04 Å². The second-order valence-electron chi connectivity index (χ2n) is 10.6. The fraction of sp³-hybridized carbons (Fsp3) is 0.536. The van der Waals surface area contributed by atoms with Crippen molar-refractivity contribution in [2.45, 2.75) is 71.9 Å². The fourth-order valence-corrected chi connectivity index (χ4v) is 3.99. The van der Waals surface area contributed by atoms with Crippen LogP contribution < -0.4 is 19.5 Å². The first-order valence-electron chi connectivity index (χ1n) is 11.8. The van der Waals surface area contributed by atoms with Crippen molar-refractivity contribution in [3.8, 4) is 23.0 Å². The first-order valence-corrected chi connectivity index (χ1v) is 11.8. The summed E-state index contributed by atoms with van der Waals surface area (Å²) >= 11 is 0. The third-order valence-corrected chi connectivity index (χ3v) is 5.84. The predicted octanol–water partition coefficient (Wildman–Crippen LogP) is 5.41. The van der Waals surface area contributed by atoms with Crippen molar-refractivity contribution in [3.05, 3.63) is 46.5 Å². The summed E-state index contributed by atoms with van der Waals surface area (Å²) in [6.07, 6.45) is 0. The van der Waals surface area contributed by atoms with Gasteiger partial charge in [0, 0.05) is 6.54 Å². The van der Waals surface area contributed by atoms with Crippen LogP contribution in [0.15, 0.2) is 24.3 Å². The molecule has 194 valence electrons. The van der Waals surface area contributed by atoms with E-state index in [2.05, 4.69) is 5.32 Å². The van der Waals surface area contributed by atoms with Gasteiger partial charge in [-0.15, -0.1) is 0 Å². The normalized spacial score (nSPS) is 12.7. The topological polar surface area (TPSA) is 86.3 Å². The van der Waals surface area contributed by atoms with E-state index >= 15 is 0 Å². The van der Waals surface area contributed by atoms with E-state index in [-0.39, 0.29) is 29.2 Å². The molecule has 0 spiro atoms. The number of phenols is 1. The zero-order valence-corrected chi connectivity index (χ0v) is 22.8. The number of methoxy groups -OCH3 is 3. The third kappa shape index (κ3) is 6.60. The Kier molecular flexibility index (Phi) is 9.06. The Bertz CT molecular complexity index is 973. The van der Waals surface area contributed by atoms with Crippen LogP contribution in [0.3, 0.4) is 0 Å². The van der Waals surface area contributed by atoms with Gasteiger partial charge in [-0.1, -0.05) is 41.5 Å². The number of nitrogens with one attached hydrogen (secondary N) is 1. The first kappa shape index (κ1) is 28.3. The number of ether oxygens (including phenoxy) is 4. The molecule has 7 heteroatoms. The Labute approximate surface area is 209 Å². The highest BCUT2D eigenvalue weighted by Crippen LogP contribution is 2.41. The van der Waals surface area contributed by atoms with Crippen molar-refractivity contribution in [2.75, 3.05) is 27.9 Å². The molecule has 7 nitrogen and oxygen atoms in total. The number of esters is 1. The molecule has 1 atom stereocenters. The highest BCUT2D eigenvalue weighted by atomic mass is 16.5. The molecular formula is C28H41NO6. The van der Waals surface area contributed by atoms with Gasteiger partial charge in [0.15, 0.2) is 11.5 Å². The average molecular weight is 488 g/mol. The predicted molar refractivity (Wildman–Crippen MR) is 138 cm³/mol. The molecule has 1 unspecified atom stereocenters. The Balaban J connectivity index is 2.58. The van der Waals surface area contributed by atoms with E-state index in [0.717, 1.165) is 22.3 Å². The van der Waals surface area contributed by atoms with Gasteiger partial charge < -0.3 is 24.1 Å². The molecule has 0 bridgehead atoms. The van der Waals surface area contributed by atoms with Gasteiger partial charge in [-0.2, -0.15) is 0 Å². The number of carbonyl (C=O) groups is 1. The van der Waals surface area contributed by atoms with Gasteiger partial charge in [0.1, 0.15) is 11.8 Å². The van der Waals surface area contributed by atoms with Crippen molar-refractivity contribution in [2.24, 2.45) is 0 Å². The van der Waals surface area contributed by atoms with Crippen LogP contribution in [0.2, 0.25) is 0 Å². The van der Waals surface area contributed by atoms with E-state index in [1.54, 1.807) is 28.3 Å². The molecule has 0 aliphatic carbocycles. The fourth-order valence-electron chi connectivity index (χ4n) is 3.99. The molecule has 2 aromatic rings. The molecular weight excluding hydrogens is 446 g/mol. The first-order chi connectivity index (χ1) is 16.3. The lowest BCUT2D eigenvalue weighted by molar-refractivity contribution is -0.145. The van der Waals surface area contributed by atoms with Crippen LogP contribution in [0, 0.1) is 0 Å². The number of carbonyl (C=O) groups excluding carboxylic acids is 1. The molecule has 0 saturated carbocycles. The maximum Gasteiger partial charge on any atom is 0.327 e. The van der Waals surface area contributed by atoms with Gasteiger partial charge in [0.05, 0.1) is 27.9 Å². The van der Waals surface area contributed by atoms with Crippen molar-refractivity contribution in [3.63, 3.8) is 0 Å². The van der Waals surface area contributed by atoms with E-state index in [4.69, 9.17) is 18.9 Å². The molecule has 0 aromatic heterocycles. The van der Waals surface area contributed by atoms with Crippen LogP contribution in [0.4, 0.5) is 0 Å². The van der Waals surface area contributed by atoms with Crippen molar-refractivity contribution in [1.82, 2.24) is 5.32 Å². The lowest BCUT2D eigenvalue weighted by Gasteiger charge is -2.30. The largest absolute Gasteiger partial charge is 0.507 e. The smallest absolute Gasteiger partial charge is 0.327 e. The minimum Gasteiger partial charge on any atom is -0.507 e. The third-order valence-electron chi connectivity index (χ3n) is 5.84. The number of phenolic OH excluding ortho intramolecular Hbond substituents is 1. The van der Waals surface area contributed by atoms with Gasteiger partial charge in [-0.05, 0) is 64.3 Å². The molecule has 2 rings (SSSR count). The summed E-state index contributed by atoms with van der Waals surface area (Å²) in [5.74, 6) is 1.45. The van der Waals surface area contributed by atoms with Crippen LogP contribution in [0.25, 0.3) is 0 Å². The minimum atomic E-state index is -0.739. The Morgan fingerprint density at radius 3 is 1.74 bits per heavy atom. The summed E-state index contributed by atoms with van der Waals surface area (Å²) < 4.78 is 21.8. The second kappa shape index (κ2) is 11.2. The molecule has 2 aromatic carbocycles. The summed E-state index contributed by atoms with van der Waals surface area (Å²) in [4.78, 5) is 13.1. The van der Waals surface area contributed by atoms with Crippen LogP contribution in [-0.2, 0) is 26.9 Å². The second-order valence-corrected chi connectivity index (χ2v) is 10.6. The van der Waals surface area contributed by atoms with Gasteiger partial charge in [-0.3, -0.25) is 5.32 Å². The number of hydrogen-bond acceptors (Lipinski definition) is 7. The molecule has 0 fully saturated rings. The average Bonchev–Trinajstić information content (AvgIpc) is 2.77. The Morgan fingerprint density at radius 1 is 0.886 bits per heavy atom. The Morgan fingerprint density at radius 2 is 1.37 bits per heavy atom. The van der Waals surface area contributed by atoms with Crippen LogP contribution in [-0.4, -0.2) is 39.0 Å². The number of hydrogen-bond donors (Lipinski definition) is 2. The van der Waals surface area contributed by atoms with Gasteiger partial charge >= 0.3 is 5.97 Å². The molecule has 0 heterocycles. The SMILES string of the molecule is CCOC(=O)C(NCc1cc(OC)c(OC)c(OC)c1)c1cc(C(C)(C)C)c(O)c(C(C)(C)C)c1.